The maximum Gasteiger partial charge on any atom is 0.407 e. The van der Waals surface area contributed by atoms with Crippen LogP contribution in [-0.2, 0) is 41.6 Å². The third-order valence-electron chi connectivity index (χ3n) is 15.9. The summed E-state index contributed by atoms with van der Waals surface area (Å²) in [6, 6.07) is 9.10. The van der Waals surface area contributed by atoms with Gasteiger partial charge in [-0.25, -0.2) is 14.6 Å². The van der Waals surface area contributed by atoms with Gasteiger partial charge in [0.1, 0.15) is 30.3 Å². The number of aromatic amines is 1. The molecule has 4 amide bonds. The number of likely N-dealkylation sites (tertiary alicyclic amines) is 2. The van der Waals surface area contributed by atoms with E-state index >= 15 is 0 Å². The molecule has 0 saturated carbocycles. The molecule has 16 nitrogen and oxygen atoms in total. The van der Waals surface area contributed by atoms with E-state index in [1.807, 2.05) is 43.7 Å². The molecule has 4 fully saturated rings. The van der Waals surface area contributed by atoms with E-state index in [1.165, 1.54) is 30.9 Å². The molecule has 4 saturated heterocycles. The van der Waals surface area contributed by atoms with E-state index in [1.54, 1.807) is 0 Å². The van der Waals surface area contributed by atoms with Crippen molar-refractivity contribution in [2.45, 2.75) is 166 Å². The number of H-pyrrole nitrogens is 1. The molecular weight excluding hydrogens is 879 g/mol. The monoisotopic (exact) mass is 946 g/mol. The minimum absolute atomic E-state index is 0.00300. The Hall–Kier alpha value is -5.74. The fourth-order valence-corrected chi connectivity index (χ4v) is 12.8. The van der Waals surface area contributed by atoms with E-state index in [9.17, 15) is 19.2 Å². The fraction of sp³-hybridized carbons (Fsp3) is 0.585. The second kappa shape index (κ2) is 19.2. The van der Waals surface area contributed by atoms with E-state index in [2.05, 4.69) is 52.9 Å². The average Bonchev–Trinajstić information content (AvgIpc) is 4.17. The summed E-state index contributed by atoms with van der Waals surface area (Å²) in [5.41, 5.74) is 10.9. The van der Waals surface area contributed by atoms with Gasteiger partial charge in [-0.2, -0.15) is 0 Å². The molecular formula is C53H67N7O9. The Morgan fingerprint density at radius 3 is 2.09 bits per heavy atom. The Morgan fingerprint density at radius 1 is 0.754 bits per heavy atom. The first kappa shape index (κ1) is 47.0. The zero-order valence-corrected chi connectivity index (χ0v) is 41.0. The Balaban J connectivity index is 0.842. The normalized spacial score (nSPS) is 29.1. The number of methoxy groups -OCH3 is 2. The second-order valence-corrected chi connectivity index (χ2v) is 20.6. The molecule has 16 heteroatoms. The molecule has 1 aromatic heterocycles. The van der Waals surface area contributed by atoms with Crippen LogP contribution in [0.25, 0.3) is 28.0 Å². The number of aryl methyl sites for hydroxylation is 1. The smallest absolute Gasteiger partial charge is 0.407 e. The van der Waals surface area contributed by atoms with E-state index < -0.39 is 24.3 Å². The lowest BCUT2D eigenvalue weighted by Gasteiger charge is -2.39. The maximum atomic E-state index is 14.7. The van der Waals surface area contributed by atoms with Crippen LogP contribution in [0.5, 0.6) is 5.75 Å². The number of hydrogen-bond donors (Lipinski definition) is 3. The third kappa shape index (κ3) is 9.14. The van der Waals surface area contributed by atoms with Gasteiger partial charge in [-0.1, -0.05) is 12.1 Å². The number of rotatable bonds is 9. The predicted molar refractivity (Wildman–Crippen MR) is 258 cm³/mol. The number of carbonyl (C=O) groups is 4. The van der Waals surface area contributed by atoms with Crippen molar-refractivity contribution in [3.8, 4) is 28.1 Å². The van der Waals surface area contributed by atoms with Crippen molar-refractivity contribution in [2.24, 2.45) is 16.8 Å². The third-order valence-corrected chi connectivity index (χ3v) is 15.9. The standard InChI is InChI=1S/C53H67N7O9/c1-27-10-15-44(60(27)51(62)48(58-53(64)66-7)35-19-30(4)69-31(5)20-35)42-23-39-38-24-46-40(22-32(38)12-14-41(39)55-42)37-13-11-33(21-36(37)26-67-46)43-25-54-49(56-43)45-9-8-16-59(45)50(61)47(57-52(63)65-6)34-17-28(2)68-29(3)18-34/h11,13,21-22,24-25,27-31,34-35,44-45,47-48H,8-10,12,14-20,23,26H2,1-7H3,(H,54,56)(H,57,63)(H,58,64)/t27-,28+,29+,30+,31+,44?,45-,47-,48-/m0/s1. The van der Waals surface area contributed by atoms with E-state index in [0.29, 0.717) is 45.3 Å². The van der Waals surface area contributed by atoms with Crippen molar-refractivity contribution in [2.75, 3.05) is 20.8 Å². The van der Waals surface area contributed by atoms with Crippen molar-refractivity contribution in [1.82, 2.24) is 30.4 Å². The van der Waals surface area contributed by atoms with Crippen LogP contribution in [0.1, 0.15) is 127 Å². The van der Waals surface area contributed by atoms with Gasteiger partial charge in [0.15, 0.2) is 0 Å². The Labute approximate surface area is 404 Å². The van der Waals surface area contributed by atoms with Crippen molar-refractivity contribution >= 4 is 35.3 Å². The molecule has 0 bridgehead atoms. The van der Waals surface area contributed by atoms with Crippen molar-refractivity contribution in [3.05, 3.63) is 64.7 Å². The number of hydrogen-bond acceptors (Lipinski definition) is 11. The van der Waals surface area contributed by atoms with E-state index in [0.717, 1.165) is 89.5 Å². The number of aromatic nitrogens is 2. The number of imidazole rings is 1. The number of aliphatic imine (C=N–C) groups is 1. The van der Waals surface area contributed by atoms with E-state index in [4.69, 9.17) is 33.7 Å². The first-order valence-electron chi connectivity index (χ1n) is 25.2. The van der Waals surface area contributed by atoms with Gasteiger partial charge in [-0.3, -0.25) is 14.6 Å². The Bertz CT molecular complexity index is 2550. The molecule has 9 atom stereocenters. The van der Waals surface area contributed by atoms with Gasteiger partial charge in [0.05, 0.1) is 62.6 Å². The van der Waals surface area contributed by atoms with E-state index in [-0.39, 0.29) is 66.2 Å². The highest BCUT2D eigenvalue weighted by molar-refractivity contribution is 6.06. The first-order valence-corrected chi connectivity index (χ1v) is 25.2. The molecule has 0 radical (unpaired) electrons. The van der Waals surface area contributed by atoms with Crippen LogP contribution < -0.4 is 15.4 Å². The molecule has 1 unspecified atom stereocenters. The number of ether oxygens (including phenoxy) is 5. The van der Waals surface area contributed by atoms with Crippen molar-refractivity contribution in [1.29, 1.82) is 0 Å². The quantitative estimate of drug-likeness (QED) is 0.190. The van der Waals surface area contributed by atoms with Gasteiger partial charge in [0.2, 0.25) is 11.8 Å². The lowest BCUT2D eigenvalue weighted by Crippen LogP contribution is -2.57. The van der Waals surface area contributed by atoms with Gasteiger partial charge < -0.3 is 49.1 Å². The molecule has 10 rings (SSSR count). The molecule has 7 aliphatic rings. The van der Waals surface area contributed by atoms with Crippen LogP contribution in [0, 0.1) is 11.8 Å². The topological polar surface area (TPSA) is 186 Å². The van der Waals surface area contributed by atoms with Crippen molar-refractivity contribution < 1.29 is 42.9 Å². The number of alkyl carbamates (subject to hydrolysis) is 2. The summed E-state index contributed by atoms with van der Waals surface area (Å²) < 4.78 is 28.5. The summed E-state index contributed by atoms with van der Waals surface area (Å²) in [6.07, 6.45) is 8.85. The van der Waals surface area contributed by atoms with Gasteiger partial charge in [0, 0.05) is 36.0 Å². The second-order valence-electron chi connectivity index (χ2n) is 20.6. The molecule has 3 N–H and O–H groups in total. The minimum Gasteiger partial charge on any atom is -0.488 e. The number of allylic oxidation sites excluding steroid dienone is 2. The van der Waals surface area contributed by atoms with Crippen LogP contribution in [0.3, 0.4) is 0 Å². The predicted octanol–water partition coefficient (Wildman–Crippen LogP) is 8.04. The van der Waals surface area contributed by atoms with Crippen LogP contribution in [-0.4, -0.2) is 119 Å². The molecule has 2 aromatic carbocycles. The Kier molecular flexibility index (Phi) is 13.1. The summed E-state index contributed by atoms with van der Waals surface area (Å²) in [7, 11) is 2.65. The summed E-state index contributed by atoms with van der Waals surface area (Å²) in [6.45, 7) is 11.2. The SMILES string of the molecule is COC(=O)N[C@H](C(=O)N1CCC[C@H]1c1ncc(-c2ccc3c(c2)COc2cc4c(cc2-3)CCC2=C4CC(C3CC[C@H](C)N3C(=O)[C@@H](NC(=O)OC)C3C[C@@H](C)O[C@H](C)C3)=N2)[nH]1)C1C[C@@H](C)O[C@H](C)C1. The molecule has 0 spiro atoms. The van der Waals surface area contributed by atoms with Crippen LogP contribution >= 0.6 is 0 Å². The summed E-state index contributed by atoms with van der Waals surface area (Å²) in [5, 5.41) is 5.80. The molecule has 3 aromatic rings. The number of amides is 4. The number of fused-ring (bicyclic) bond motifs is 5. The summed E-state index contributed by atoms with van der Waals surface area (Å²) in [4.78, 5) is 71.7. The molecule has 6 aliphatic heterocycles. The summed E-state index contributed by atoms with van der Waals surface area (Å²) >= 11 is 0. The first-order chi connectivity index (χ1) is 33.3. The number of nitrogens with one attached hydrogen (secondary N) is 3. The summed E-state index contributed by atoms with van der Waals surface area (Å²) in [5.74, 6) is 1.22. The van der Waals surface area contributed by atoms with Gasteiger partial charge >= 0.3 is 12.2 Å². The number of nitrogens with zero attached hydrogens (tertiary/aromatic N) is 4. The molecule has 69 heavy (non-hydrogen) atoms. The highest BCUT2D eigenvalue weighted by Crippen LogP contribution is 2.48. The average molecular weight is 946 g/mol. The van der Waals surface area contributed by atoms with Crippen molar-refractivity contribution in [3.63, 3.8) is 0 Å². The van der Waals surface area contributed by atoms with Gasteiger partial charge in [0.25, 0.3) is 0 Å². The van der Waals surface area contributed by atoms with Gasteiger partial charge in [-0.15, -0.1) is 0 Å². The zero-order chi connectivity index (χ0) is 48.2. The lowest BCUT2D eigenvalue weighted by molar-refractivity contribution is -0.139. The maximum absolute atomic E-state index is 14.7. The molecule has 7 heterocycles. The van der Waals surface area contributed by atoms with Crippen LogP contribution in [0.4, 0.5) is 9.59 Å². The minimum atomic E-state index is -0.727. The fourth-order valence-electron chi connectivity index (χ4n) is 12.8. The highest BCUT2D eigenvalue weighted by Gasteiger charge is 2.46. The molecule has 1 aliphatic carbocycles. The largest absolute Gasteiger partial charge is 0.488 e. The van der Waals surface area contributed by atoms with Crippen LogP contribution in [0.15, 0.2) is 47.2 Å². The zero-order valence-electron chi connectivity index (χ0n) is 41.0. The Morgan fingerprint density at radius 2 is 1.42 bits per heavy atom. The lowest BCUT2D eigenvalue weighted by atomic mass is 9.83. The number of carbonyl (C=O) groups excluding carboxylic acids is 4. The van der Waals surface area contributed by atoms with Crippen LogP contribution in [0.2, 0.25) is 0 Å². The molecule has 368 valence electrons. The van der Waals surface area contributed by atoms with Gasteiger partial charge in [-0.05, 0) is 162 Å². The number of benzene rings is 2. The highest BCUT2D eigenvalue weighted by atomic mass is 16.5.